The van der Waals surface area contributed by atoms with Crippen LogP contribution in [0.3, 0.4) is 0 Å². The topological polar surface area (TPSA) is 58.6 Å². The van der Waals surface area contributed by atoms with E-state index in [1.54, 1.807) is 12.3 Å². The third kappa shape index (κ3) is 1.37. The van der Waals surface area contributed by atoms with Crippen LogP contribution in [0.15, 0.2) is 17.1 Å². The van der Waals surface area contributed by atoms with Crippen molar-refractivity contribution in [1.82, 2.24) is 15.0 Å². The zero-order chi connectivity index (χ0) is 10.1. The van der Waals surface area contributed by atoms with E-state index in [9.17, 15) is 4.79 Å². The van der Waals surface area contributed by atoms with Crippen molar-refractivity contribution < 1.29 is 0 Å². The predicted octanol–water partition coefficient (Wildman–Crippen LogP) is 1.37. The van der Waals surface area contributed by atoms with E-state index in [4.69, 9.17) is 11.6 Å². The number of aromatic nitrogens is 3. The molecule has 2 heterocycles. The molecule has 0 aliphatic rings. The van der Waals surface area contributed by atoms with Crippen molar-refractivity contribution in [2.45, 2.75) is 12.8 Å². The molecule has 72 valence electrons. The fourth-order valence-electron chi connectivity index (χ4n) is 1.31. The molecule has 0 saturated carbocycles. The normalized spacial score (nSPS) is 10.7. The molecule has 4 nitrogen and oxygen atoms in total. The molecule has 2 aromatic rings. The van der Waals surface area contributed by atoms with E-state index >= 15 is 0 Å². The minimum Gasteiger partial charge on any atom is -0.309 e. The Morgan fingerprint density at radius 1 is 1.57 bits per heavy atom. The van der Waals surface area contributed by atoms with Crippen LogP contribution < -0.4 is 5.56 Å². The molecule has 2 aromatic heterocycles. The Balaban J connectivity index is 2.91. The fraction of sp³-hybridized carbons (Fsp3) is 0.222. The molecule has 0 unspecified atom stereocenters. The molecule has 1 N–H and O–H groups in total. The Morgan fingerprint density at radius 2 is 2.36 bits per heavy atom. The summed E-state index contributed by atoms with van der Waals surface area (Å²) in [5.74, 6) is 0.666. The zero-order valence-corrected chi connectivity index (χ0v) is 8.30. The summed E-state index contributed by atoms with van der Waals surface area (Å²) in [5, 5.41) is 0.548. The summed E-state index contributed by atoms with van der Waals surface area (Å²) in [5.41, 5.74) is 1.18. The van der Waals surface area contributed by atoms with Gasteiger partial charge in [-0.3, -0.25) is 9.78 Å². The second-order valence-electron chi connectivity index (χ2n) is 2.94. The molecule has 0 fully saturated rings. The van der Waals surface area contributed by atoms with Gasteiger partial charge in [0, 0.05) is 6.20 Å². The summed E-state index contributed by atoms with van der Waals surface area (Å²) in [6, 6.07) is 1.65. The number of fused-ring (bicyclic) bond motifs is 1. The molecule has 0 amide bonds. The first-order chi connectivity index (χ1) is 6.72. The van der Waals surface area contributed by atoms with E-state index in [1.807, 2.05) is 6.92 Å². The lowest BCUT2D eigenvalue weighted by molar-refractivity contribution is 1.02. The van der Waals surface area contributed by atoms with Gasteiger partial charge in [-0.2, -0.15) is 0 Å². The van der Waals surface area contributed by atoms with Crippen LogP contribution in [0.25, 0.3) is 10.9 Å². The molecule has 0 aliphatic heterocycles. The molecular weight excluding hydrogens is 202 g/mol. The molecule has 0 saturated heterocycles. The number of alkyl halides is 1. The van der Waals surface area contributed by atoms with Gasteiger partial charge in [-0.15, -0.1) is 11.6 Å². The van der Waals surface area contributed by atoms with Crippen molar-refractivity contribution >= 4 is 22.5 Å². The standard InChI is InChI=1S/C9H8ClN3O/c1-5-8-6(2-3-11-5)9(14)13-7(4-10)12-8/h2-3H,4H2,1H3,(H,12,13,14). The highest BCUT2D eigenvalue weighted by atomic mass is 35.5. The van der Waals surface area contributed by atoms with Gasteiger partial charge in [0.15, 0.2) is 0 Å². The highest BCUT2D eigenvalue weighted by molar-refractivity contribution is 6.16. The lowest BCUT2D eigenvalue weighted by Gasteiger charge is -2.01. The Morgan fingerprint density at radius 3 is 3.07 bits per heavy atom. The van der Waals surface area contributed by atoms with Crippen molar-refractivity contribution in [3.63, 3.8) is 0 Å². The maximum Gasteiger partial charge on any atom is 0.258 e. The zero-order valence-electron chi connectivity index (χ0n) is 7.54. The molecule has 0 atom stereocenters. The van der Waals surface area contributed by atoms with Gasteiger partial charge in [0.1, 0.15) is 5.82 Å². The van der Waals surface area contributed by atoms with Gasteiger partial charge in [0.2, 0.25) is 0 Å². The van der Waals surface area contributed by atoms with Crippen LogP contribution in [-0.2, 0) is 5.88 Å². The Kier molecular flexibility index (Phi) is 2.21. The minimum absolute atomic E-state index is 0.170. The van der Waals surface area contributed by atoms with Crippen LogP contribution in [-0.4, -0.2) is 15.0 Å². The van der Waals surface area contributed by atoms with Crippen molar-refractivity contribution in [3.8, 4) is 0 Å². The summed E-state index contributed by atoms with van der Waals surface area (Å²) < 4.78 is 0. The summed E-state index contributed by atoms with van der Waals surface area (Å²) >= 11 is 5.60. The van der Waals surface area contributed by atoms with E-state index in [2.05, 4.69) is 15.0 Å². The fourth-order valence-corrected chi connectivity index (χ4v) is 1.43. The summed E-state index contributed by atoms with van der Waals surface area (Å²) in [7, 11) is 0. The average molecular weight is 210 g/mol. The predicted molar refractivity (Wildman–Crippen MR) is 54.5 cm³/mol. The number of hydrogen-bond donors (Lipinski definition) is 1. The molecule has 2 rings (SSSR count). The molecule has 0 aliphatic carbocycles. The van der Waals surface area contributed by atoms with Gasteiger partial charge < -0.3 is 4.98 Å². The second kappa shape index (κ2) is 3.38. The first-order valence-electron chi connectivity index (χ1n) is 4.13. The maximum atomic E-state index is 11.5. The molecule has 5 heteroatoms. The number of pyridine rings is 1. The number of hydrogen-bond acceptors (Lipinski definition) is 3. The molecule has 0 radical (unpaired) electrons. The van der Waals surface area contributed by atoms with Gasteiger partial charge in [0.05, 0.1) is 22.5 Å². The SMILES string of the molecule is Cc1nccc2c(=O)[nH]c(CCl)nc12. The van der Waals surface area contributed by atoms with Gasteiger partial charge in [-0.1, -0.05) is 0 Å². The lowest BCUT2D eigenvalue weighted by Crippen LogP contribution is -2.11. The number of aryl methyl sites for hydroxylation is 1. The monoisotopic (exact) mass is 209 g/mol. The Labute approximate surface area is 85.0 Å². The largest absolute Gasteiger partial charge is 0.309 e. The van der Waals surface area contributed by atoms with Gasteiger partial charge in [-0.25, -0.2) is 4.98 Å². The number of H-pyrrole nitrogens is 1. The summed E-state index contributed by atoms with van der Waals surface area (Å²) in [4.78, 5) is 22.4. The highest BCUT2D eigenvalue weighted by Crippen LogP contribution is 2.09. The number of aromatic amines is 1. The van der Waals surface area contributed by atoms with E-state index < -0.39 is 0 Å². The van der Waals surface area contributed by atoms with Gasteiger partial charge >= 0.3 is 0 Å². The third-order valence-corrected chi connectivity index (χ3v) is 2.24. The van der Waals surface area contributed by atoms with Crippen LogP contribution in [0.1, 0.15) is 11.5 Å². The van der Waals surface area contributed by atoms with E-state index in [1.165, 1.54) is 0 Å². The molecular formula is C9H8ClN3O. The number of nitrogens with one attached hydrogen (secondary N) is 1. The number of rotatable bonds is 1. The van der Waals surface area contributed by atoms with Crippen LogP contribution in [0.5, 0.6) is 0 Å². The van der Waals surface area contributed by atoms with Crippen LogP contribution >= 0.6 is 11.6 Å². The number of halogens is 1. The number of nitrogens with zero attached hydrogens (tertiary/aromatic N) is 2. The molecule has 0 bridgehead atoms. The van der Waals surface area contributed by atoms with Crippen LogP contribution in [0.2, 0.25) is 0 Å². The molecule has 14 heavy (non-hydrogen) atoms. The molecule has 0 aromatic carbocycles. The quantitative estimate of drug-likeness (QED) is 0.722. The smallest absolute Gasteiger partial charge is 0.258 e. The maximum absolute atomic E-state index is 11.5. The van der Waals surface area contributed by atoms with E-state index in [0.717, 1.165) is 5.69 Å². The highest BCUT2D eigenvalue weighted by Gasteiger charge is 2.05. The van der Waals surface area contributed by atoms with Crippen molar-refractivity contribution in [3.05, 3.63) is 34.1 Å². The van der Waals surface area contributed by atoms with Crippen LogP contribution in [0, 0.1) is 6.92 Å². The van der Waals surface area contributed by atoms with Crippen molar-refractivity contribution in [1.29, 1.82) is 0 Å². The Hall–Kier alpha value is -1.42. The van der Waals surface area contributed by atoms with Crippen molar-refractivity contribution in [2.75, 3.05) is 0 Å². The average Bonchev–Trinajstić information content (AvgIpc) is 2.19. The van der Waals surface area contributed by atoms with Crippen molar-refractivity contribution in [2.24, 2.45) is 0 Å². The minimum atomic E-state index is -0.170. The van der Waals surface area contributed by atoms with Crippen LogP contribution in [0.4, 0.5) is 0 Å². The summed E-state index contributed by atoms with van der Waals surface area (Å²) in [6.45, 7) is 1.81. The van der Waals surface area contributed by atoms with Gasteiger partial charge in [0.25, 0.3) is 5.56 Å². The first kappa shape index (κ1) is 9.15. The lowest BCUT2D eigenvalue weighted by atomic mass is 10.2. The molecule has 0 spiro atoms. The van der Waals surface area contributed by atoms with E-state index in [0.29, 0.717) is 16.7 Å². The second-order valence-corrected chi connectivity index (χ2v) is 3.21. The van der Waals surface area contributed by atoms with Gasteiger partial charge in [-0.05, 0) is 13.0 Å². The Bertz CT molecular complexity index is 535. The van der Waals surface area contributed by atoms with E-state index in [-0.39, 0.29) is 11.4 Å². The third-order valence-electron chi connectivity index (χ3n) is 1.98. The summed E-state index contributed by atoms with van der Waals surface area (Å²) in [6.07, 6.45) is 1.59. The first-order valence-corrected chi connectivity index (χ1v) is 4.66.